The van der Waals surface area contributed by atoms with Crippen molar-refractivity contribution in [2.24, 2.45) is 0 Å². The Hall–Kier alpha value is -2.21. The van der Waals surface area contributed by atoms with E-state index in [0.29, 0.717) is 19.0 Å². The zero-order valence-corrected chi connectivity index (χ0v) is 11.1. The Bertz CT molecular complexity index is 563. The van der Waals surface area contributed by atoms with Gasteiger partial charge in [-0.2, -0.15) is 4.98 Å². The van der Waals surface area contributed by atoms with Crippen molar-refractivity contribution in [1.82, 2.24) is 15.0 Å². The molecule has 1 saturated heterocycles. The van der Waals surface area contributed by atoms with Crippen molar-refractivity contribution in [2.45, 2.75) is 19.1 Å². The van der Waals surface area contributed by atoms with E-state index >= 15 is 0 Å². The van der Waals surface area contributed by atoms with Crippen molar-refractivity contribution >= 4 is 11.8 Å². The molecule has 0 amide bonds. The van der Waals surface area contributed by atoms with Crippen LogP contribution in [0.25, 0.3) is 0 Å². The Morgan fingerprint density at radius 2 is 2.10 bits per heavy atom. The number of rotatable bonds is 4. The first kappa shape index (κ1) is 12.8. The molecule has 0 radical (unpaired) electrons. The molecule has 1 aliphatic rings. The Morgan fingerprint density at radius 1 is 1.25 bits per heavy atom. The van der Waals surface area contributed by atoms with E-state index in [-0.39, 0.29) is 6.10 Å². The number of hydrogen-bond donors (Lipinski definition) is 2. The Labute approximate surface area is 117 Å². The predicted octanol–water partition coefficient (Wildman–Crippen LogP) is 1.05. The number of nitrogens with zero attached hydrogens (tertiary/aromatic N) is 4. The van der Waals surface area contributed by atoms with E-state index in [1.54, 1.807) is 18.6 Å². The summed E-state index contributed by atoms with van der Waals surface area (Å²) in [5.74, 6) is 1.45. The highest BCUT2D eigenvalue weighted by Crippen LogP contribution is 2.18. The van der Waals surface area contributed by atoms with E-state index < -0.39 is 0 Å². The first-order valence-corrected chi connectivity index (χ1v) is 6.70. The standard InChI is InChI=1S/C14H17N5O/c20-12-4-8-19(10-12)13-3-7-16-14(18-13)17-9-11-1-5-15-6-2-11/h1-3,5-7,12,20H,4,8-10H2,(H,16,17,18). The summed E-state index contributed by atoms with van der Waals surface area (Å²) in [7, 11) is 0. The van der Waals surface area contributed by atoms with Crippen molar-refractivity contribution in [3.8, 4) is 0 Å². The third-order valence-electron chi connectivity index (χ3n) is 3.33. The Kier molecular flexibility index (Phi) is 3.73. The van der Waals surface area contributed by atoms with E-state index in [0.717, 1.165) is 24.3 Å². The van der Waals surface area contributed by atoms with Gasteiger partial charge in [0.25, 0.3) is 0 Å². The van der Waals surface area contributed by atoms with Gasteiger partial charge in [-0.15, -0.1) is 0 Å². The minimum Gasteiger partial charge on any atom is -0.391 e. The second kappa shape index (κ2) is 5.83. The average molecular weight is 271 g/mol. The van der Waals surface area contributed by atoms with Crippen LogP contribution in [0.15, 0.2) is 36.8 Å². The van der Waals surface area contributed by atoms with Crippen LogP contribution in [0.3, 0.4) is 0 Å². The Balaban J connectivity index is 1.65. The van der Waals surface area contributed by atoms with Crippen molar-refractivity contribution in [1.29, 1.82) is 0 Å². The van der Waals surface area contributed by atoms with Gasteiger partial charge in [0.1, 0.15) is 5.82 Å². The number of anilines is 2. The van der Waals surface area contributed by atoms with Gasteiger partial charge in [-0.05, 0) is 30.2 Å². The van der Waals surface area contributed by atoms with Crippen LogP contribution >= 0.6 is 0 Å². The molecule has 0 aliphatic carbocycles. The number of aliphatic hydroxyl groups is 1. The van der Waals surface area contributed by atoms with E-state index in [1.807, 2.05) is 18.2 Å². The summed E-state index contributed by atoms with van der Waals surface area (Å²) in [6.45, 7) is 2.14. The molecular weight excluding hydrogens is 254 g/mol. The molecule has 3 rings (SSSR count). The van der Waals surface area contributed by atoms with Gasteiger partial charge in [0.15, 0.2) is 0 Å². The zero-order chi connectivity index (χ0) is 13.8. The van der Waals surface area contributed by atoms with Gasteiger partial charge >= 0.3 is 0 Å². The molecule has 0 spiro atoms. The molecule has 1 aliphatic heterocycles. The van der Waals surface area contributed by atoms with Gasteiger partial charge in [0.2, 0.25) is 5.95 Å². The summed E-state index contributed by atoms with van der Waals surface area (Å²) < 4.78 is 0. The molecule has 1 fully saturated rings. The summed E-state index contributed by atoms with van der Waals surface area (Å²) in [6, 6.07) is 5.77. The van der Waals surface area contributed by atoms with Crippen LogP contribution < -0.4 is 10.2 Å². The maximum Gasteiger partial charge on any atom is 0.224 e. The number of β-amino-alcohol motifs (C(OH)–C–C–N with tert-alkyl or cyclic N) is 1. The highest BCUT2D eigenvalue weighted by molar-refractivity contribution is 5.43. The molecule has 104 valence electrons. The normalized spacial score (nSPS) is 18.2. The summed E-state index contributed by atoms with van der Waals surface area (Å²) in [5.41, 5.74) is 1.13. The summed E-state index contributed by atoms with van der Waals surface area (Å²) >= 11 is 0. The molecule has 3 heterocycles. The van der Waals surface area contributed by atoms with Crippen molar-refractivity contribution in [3.63, 3.8) is 0 Å². The molecule has 2 aromatic rings. The predicted molar refractivity (Wildman–Crippen MR) is 76.4 cm³/mol. The van der Waals surface area contributed by atoms with Crippen LogP contribution in [0.5, 0.6) is 0 Å². The summed E-state index contributed by atoms with van der Waals surface area (Å²) in [5, 5.41) is 12.8. The van der Waals surface area contributed by atoms with Gasteiger partial charge in [-0.25, -0.2) is 4.98 Å². The topological polar surface area (TPSA) is 74.2 Å². The van der Waals surface area contributed by atoms with E-state index in [1.165, 1.54) is 0 Å². The third-order valence-corrected chi connectivity index (χ3v) is 3.33. The second-order valence-electron chi connectivity index (χ2n) is 4.84. The fraction of sp³-hybridized carbons (Fsp3) is 0.357. The number of pyridine rings is 1. The second-order valence-corrected chi connectivity index (χ2v) is 4.84. The molecule has 2 aromatic heterocycles. The van der Waals surface area contributed by atoms with Crippen molar-refractivity contribution in [2.75, 3.05) is 23.3 Å². The molecule has 6 heteroatoms. The summed E-state index contributed by atoms with van der Waals surface area (Å²) in [4.78, 5) is 14.8. The van der Waals surface area contributed by atoms with E-state index in [2.05, 4.69) is 25.2 Å². The van der Waals surface area contributed by atoms with Gasteiger partial charge in [-0.3, -0.25) is 4.98 Å². The molecule has 0 bridgehead atoms. The lowest BCUT2D eigenvalue weighted by Crippen LogP contribution is -2.22. The molecular formula is C14H17N5O. The lowest BCUT2D eigenvalue weighted by molar-refractivity contribution is 0.198. The highest BCUT2D eigenvalue weighted by atomic mass is 16.3. The van der Waals surface area contributed by atoms with Gasteiger partial charge in [0, 0.05) is 38.2 Å². The van der Waals surface area contributed by atoms with E-state index in [9.17, 15) is 5.11 Å². The first-order valence-electron chi connectivity index (χ1n) is 6.70. The molecule has 1 unspecified atom stereocenters. The highest BCUT2D eigenvalue weighted by Gasteiger charge is 2.21. The van der Waals surface area contributed by atoms with Gasteiger partial charge < -0.3 is 15.3 Å². The first-order chi connectivity index (χ1) is 9.81. The Morgan fingerprint density at radius 3 is 2.85 bits per heavy atom. The minimum absolute atomic E-state index is 0.252. The number of hydrogen-bond acceptors (Lipinski definition) is 6. The van der Waals surface area contributed by atoms with Crippen molar-refractivity contribution < 1.29 is 5.11 Å². The maximum absolute atomic E-state index is 9.58. The molecule has 6 nitrogen and oxygen atoms in total. The molecule has 1 atom stereocenters. The smallest absolute Gasteiger partial charge is 0.224 e. The average Bonchev–Trinajstić information content (AvgIpc) is 2.93. The van der Waals surface area contributed by atoms with Crippen LogP contribution in [0.1, 0.15) is 12.0 Å². The van der Waals surface area contributed by atoms with Crippen LogP contribution in [0.4, 0.5) is 11.8 Å². The van der Waals surface area contributed by atoms with Crippen molar-refractivity contribution in [3.05, 3.63) is 42.4 Å². The molecule has 0 saturated carbocycles. The van der Waals surface area contributed by atoms with Crippen LogP contribution in [0.2, 0.25) is 0 Å². The zero-order valence-electron chi connectivity index (χ0n) is 11.1. The third kappa shape index (κ3) is 3.03. The summed E-state index contributed by atoms with van der Waals surface area (Å²) in [6.07, 6.45) is 5.81. The molecule has 20 heavy (non-hydrogen) atoms. The largest absolute Gasteiger partial charge is 0.391 e. The number of aliphatic hydroxyl groups excluding tert-OH is 1. The monoisotopic (exact) mass is 271 g/mol. The fourth-order valence-electron chi connectivity index (χ4n) is 2.24. The lowest BCUT2D eigenvalue weighted by Gasteiger charge is -2.17. The quantitative estimate of drug-likeness (QED) is 0.866. The van der Waals surface area contributed by atoms with Crippen LogP contribution in [-0.4, -0.2) is 39.3 Å². The fourth-order valence-corrected chi connectivity index (χ4v) is 2.24. The lowest BCUT2D eigenvalue weighted by atomic mass is 10.3. The van der Waals surface area contributed by atoms with Crippen LogP contribution in [0, 0.1) is 0 Å². The van der Waals surface area contributed by atoms with Crippen LogP contribution in [-0.2, 0) is 6.54 Å². The molecule has 0 aromatic carbocycles. The minimum atomic E-state index is -0.252. The number of nitrogens with one attached hydrogen (secondary N) is 1. The maximum atomic E-state index is 9.58. The van der Waals surface area contributed by atoms with Gasteiger partial charge in [0.05, 0.1) is 6.10 Å². The van der Waals surface area contributed by atoms with Gasteiger partial charge in [-0.1, -0.05) is 0 Å². The SMILES string of the molecule is OC1CCN(c2ccnc(NCc3ccncc3)n2)C1. The molecule has 2 N–H and O–H groups in total. The van der Waals surface area contributed by atoms with E-state index in [4.69, 9.17) is 0 Å². The number of aromatic nitrogens is 3.